The van der Waals surface area contributed by atoms with Gasteiger partial charge in [0.05, 0.1) is 11.4 Å². The van der Waals surface area contributed by atoms with Crippen LogP contribution >= 0.6 is 11.8 Å². The summed E-state index contributed by atoms with van der Waals surface area (Å²) < 4.78 is 5.77. The van der Waals surface area contributed by atoms with Crippen molar-refractivity contribution in [3.8, 4) is 11.5 Å². The molecule has 3 amide bonds. The number of carboxylic acid groups (broad SMARTS) is 1. The summed E-state index contributed by atoms with van der Waals surface area (Å²) >= 11 is 0.851. The van der Waals surface area contributed by atoms with Crippen LogP contribution < -0.4 is 21.1 Å². The highest BCUT2D eigenvalue weighted by Crippen LogP contribution is 2.27. The number of thioether (sulfide) groups is 1. The van der Waals surface area contributed by atoms with Gasteiger partial charge in [-0.15, -0.1) is 0 Å². The molecule has 1 fully saturated rings. The normalized spacial score (nSPS) is 15.5. The van der Waals surface area contributed by atoms with E-state index < -0.39 is 29.1 Å². The minimum atomic E-state index is -1.14. The molecule has 1 atom stereocenters. The number of nitrogens with two attached hydrogens (primary N) is 1. The second-order valence-electron chi connectivity index (χ2n) is 6.53. The number of hydrogen-bond donors (Lipinski definition) is 4. The van der Waals surface area contributed by atoms with Crippen molar-refractivity contribution >= 4 is 40.9 Å². The molecule has 0 radical (unpaired) electrons. The van der Waals surface area contributed by atoms with Gasteiger partial charge in [0.2, 0.25) is 5.91 Å². The smallest absolute Gasteiger partial charge is 0.326 e. The van der Waals surface area contributed by atoms with Crippen molar-refractivity contribution in [2.24, 2.45) is 5.73 Å². The number of amides is 3. The lowest BCUT2D eigenvalue weighted by atomic mass is 10.1. The third kappa shape index (κ3) is 6.17. The molecule has 2 aromatic carbocycles. The first-order valence-electron chi connectivity index (χ1n) is 9.18. The SMILES string of the molecule is NCC(=O)NC(Cc1ccc(Oc2ccc(/C=C3\SC(=O)NC3=O)cc2)cc1)C(=O)O. The molecule has 1 aliphatic heterocycles. The molecule has 0 bridgehead atoms. The Morgan fingerprint density at radius 1 is 1.10 bits per heavy atom. The van der Waals surface area contributed by atoms with Crippen LogP contribution in [-0.2, 0) is 20.8 Å². The number of rotatable bonds is 8. The van der Waals surface area contributed by atoms with Crippen LogP contribution in [0.3, 0.4) is 0 Å². The van der Waals surface area contributed by atoms with Gasteiger partial charge >= 0.3 is 5.97 Å². The predicted octanol–water partition coefficient (Wildman–Crippen LogP) is 1.87. The molecule has 0 spiro atoms. The van der Waals surface area contributed by atoms with E-state index in [4.69, 9.17) is 10.5 Å². The minimum absolute atomic E-state index is 0.110. The van der Waals surface area contributed by atoms with E-state index in [-0.39, 0.29) is 13.0 Å². The Morgan fingerprint density at radius 3 is 2.23 bits per heavy atom. The van der Waals surface area contributed by atoms with E-state index in [2.05, 4.69) is 10.6 Å². The minimum Gasteiger partial charge on any atom is -0.480 e. The highest BCUT2D eigenvalue weighted by molar-refractivity contribution is 8.18. The Balaban J connectivity index is 1.61. The summed E-state index contributed by atoms with van der Waals surface area (Å²) in [5, 5.41) is 13.4. The lowest BCUT2D eigenvalue weighted by Crippen LogP contribution is -2.44. The molecule has 1 aliphatic rings. The average Bonchev–Trinajstić information content (AvgIpc) is 3.06. The van der Waals surface area contributed by atoms with Gasteiger partial charge in [0.25, 0.3) is 11.1 Å². The van der Waals surface area contributed by atoms with E-state index in [9.17, 15) is 24.3 Å². The standard InChI is InChI=1S/C21H19N3O6S/c22-11-18(25)23-16(20(27)28)9-12-1-5-14(6-2-12)30-15-7-3-13(4-8-15)10-17-19(26)24-21(29)31-17/h1-8,10,16H,9,11,22H2,(H,23,25)(H,27,28)(H,24,26,29)/b17-10-. The molecule has 160 valence electrons. The number of benzene rings is 2. The molecule has 3 rings (SSSR count). The van der Waals surface area contributed by atoms with Crippen LogP contribution in [0.25, 0.3) is 6.08 Å². The van der Waals surface area contributed by atoms with Gasteiger partial charge in [0, 0.05) is 6.42 Å². The van der Waals surface area contributed by atoms with Crippen molar-refractivity contribution in [3.05, 3.63) is 64.6 Å². The number of carboxylic acids is 1. The molecule has 0 aliphatic carbocycles. The van der Waals surface area contributed by atoms with Crippen molar-refractivity contribution in [2.75, 3.05) is 6.54 Å². The predicted molar refractivity (Wildman–Crippen MR) is 114 cm³/mol. The Labute approximate surface area is 181 Å². The maximum atomic E-state index is 11.6. The number of hydrogen-bond acceptors (Lipinski definition) is 7. The van der Waals surface area contributed by atoms with Crippen molar-refractivity contribution < 1.29 is 29.0 Å². The average molecular weight is 441 g/mol. The van der Waals surface area contributed by atoms with Gasteiger partial charge in [-0.1, -0.05) is 24.3 Å². The van der Waals surface area contributed by atoms with E-state index in [1.54, 1.807) is 54.6 Å². The lowest BCUT2D eigenvalue weighted by molar-refractivity contribution is -0.141. The number of carbonyl (C=O) groups excluding carboxylic acids is 3. The summed E-state index contributed by atoms with van der Waals surface area (Å²) in [7, 11) is 0. The monoisotopic (exact) mass is 441 g/mol. The molecule has 1 saturated heterocycles. The first kappa shape index (κ1) is 22.1. The fraction of sp³-hybridized carbons (Fsp3) is 0.143. The molecule has 1 unspecified atom stereocenters. The van der Waals surface area contributed by atoms with Gasteiger partial charge in [0.1, 0.15) is 17.5 Å². The molecule has 0 aromatic heterocycles. The first-order valence-corrected chi connectivity index (χ1v) is 9.99. The highest BCUT2D eigenvalue weighted by atomic mass is 32.2. The Bertz CT molecular complexity index is 1030. The van der Waals surface area contributed by atoms with Crippen molar-refractivity contribution in [3.63, 3.8) is 0 Å². The summed E-state index contributed by atoms with van der Waals surface area (Å²) in [6.07, 6.45) is 1.73. The van der Waals surface area contributed by atoms with Crippen molar-refractivity contribution in [1.82, 2.24) is 10.6 Å². The van der Waals surface area contributed by atoms with E-state index in [1.165, 1.54) is 0 Å². The van der Waals surface area contributed by atoms with Crippen LogP contribution in [0.1, 0.15) is 11.1 Å². The number of ether oxygens (including phenoxy) is 1. The second kappa shape index (κ2) is 9.92. The number of carbonyl (C=O) groups is 4. The van der Waals surface area contributed by atoms with Gasteiger partial charge in [-0.25, -0.2) is 4.79 Å². The van der Waals surface area contributed by atoms with Gasteiger partial charge in [0.15, 0.2) is 0 Å². The summed E-state index contributed by atoms with van der Waals surface area (Å²) in [5.74, 6) is -0.986. The fourth-order valence-corrected chi connectivity index (χ4v) is 3.41. The van der Waals surface area contributed by atoms with Gasteiger partial charge in [-0.2, -0.15) is 0 Å². The summed E-state index contributed by atoms with van der Waals surface area (Å²) in [4.78, 5) is 45.8. The first-order chi connectivity index (χ1) is 14.8. The number of aliphatic carboxylic acids is 1. The van der Waals surface area contributed by atoms with Crippen LogP contribution in [-0.4, -0.2) is 40.7 Å². The quantitative estimate of drug-likeness (QED) is 0.454. The Morgan fingerprint density at radius 2 is 1.71 bits per heavy atom. The highest BCUT2D eigenvalue weighted by Gasteiger charge is 2.24. The third-order valence-corrected chi connectivity index (χ3v) is 5.05. The van der Waals surface area contributed by atoms with Gasteiger partial charge in [-0.05, 0) is 53.2 Å². The van der Waals surface area contributed by atoms with Crippen LogP contribution in [0.2, 0.25) is 0 Å². The van der Waals surface area contributed by atoms with E-state index in [0.717, 1.165) is 17.3 Å². The largest absolute Gasteiger partial charge is 0.480 e. The zero-order valence-corrected chi connectivity index (χ0v) is 17.0. The van der Waals surface area contributed by atoms with Crippen LogP contribution in [0, 0.1) is 0 Å². The molecule has 0 saturated carbocycles. The van der Waals surface area contributed by atoms with E-state index in [0.29, 0.717) is 22.0 Å². The molecule has 5 N–H and O–H groups in total. The summed E-state index contributed by atoms with van der Waals surface area (Å²) in [6, 6.07) is 12.7. The van der Waals surface area contributed by atoms with E-state index >= 15 is 0 Å². The second-order valence-corrected chi connectivity index (χ2v) is 7.55. The fourth-order valence-electron chi connectivity index (χ4n) is 2.72. The molecular formula is C21H19N3O6S. The van der Waals surface area contributed by atoms with Crippen LogP contribution in [0.15, 0.2) is 53.4 Å². The Hall–Kier alpha value is -3.63. The molecule has 31 heavy (non-hydrogen) atoms. The molecule has 2 aromatic rings. The molecule has 1 heterocycles. The maximum absolute atomic E-state index is 11.6. The summed E-state index contributed by atoms with van der Waals surface area (Å²) in [5.41, 5.74) is 6.67. The zero-order valence-electron chi connectivity index (χ0n) is 16.2. The summed E-state index contributed by atoms with van der Waals surface area (Å²) in [6.45, 7) is -0.281. The topological polar surface area (TPSA) is 148 Å². The number of nitrogens with one attached hydrogen (secondary N) is 2. The molecule has 10 heteroatoms. The maximum Gasteiger partial charge on any atom is 0.326 e. The molecular weight excluding hydrogens is 422 g/mol. The molecule has 9 nitrogen and oxygen atoms in total. The van der Waals surface area contributed by atoms with Gasteiger partial charge in [-0.3, -0.25) is 19.7 Å². The third-order valence-electron chi connectivity index (χ3n) is 4.24. The van der Waals surface area contributed by atoms with Crippen molar-refractivity contribution in [2.45, 2.75) is 12.5 Å². The van der Waals surface area contributed by atoms with Gasteiger partial charge < -0.3 is 20.9 Å². The van der Waals surface area contributed by atoms with E-state index in [1.807, 2.05) is 0 Å². The van der Waals surface area contributed by atoms with Crippen molar-refractivity contribution in [1.29, 1.82) is 0 Å². The van der Waals surface area contributed by atoms with Crippen LogP contribution in [0.5, 0.6) is 11.5 Å². The Kier molecular flexibility index (Phi) is 7.06. The zero-order chi connectivity index (χ0) is 22.4. The van der Waals surface area contributed by atoms with Crippen LogP contribution in [0.4, 0.5) is 4.79 Å². The lowest BCUT2D eigenvalue weighted by Gasteiger charge is -2.14. The number of imide groups is 1.